The Kier molecular flexibility index (Phi) is 8.26. The van der Waals surface area contributed by atoms with Crippen molar-refractivity contribution in [1.82, 2.24) is 0 Å². The Morgan fingerprint density at radius 2 is 0.829 bits per heavy atom. The lowest BCUT2D eigenvalue weighted by Gasteiger charge is -2.30. The summed E-state index contributed by atoms with van der Waals surface area (Å²) in [6.07, 6.45) is 0. The molecular formula is C37H40O4. The van der Waals surface area contributed by atoms with Crippen LogP contribution >= 0.6 is 0 Å². The van der Waals surface area contributed by atoms with Crippen molar-refractivity contribution in [1.29, 1.82) is 0 Å². The van der Waals surface area contributed by atoms with E-state index in [1.54, 1.807) is 0 Å². The van der Waals surface area contributed by atoms with E-state index < -0.39 is 16.6 Å². The van der Waals surface area contributed by atoms with Crippen LogP contribution in [0.1, 0.15) is 98.4 Å². The maximum Gasteiger partial charge on any atom is 0.196 e. The summed E-state index contributed by atoms with van der Waals surface area (Å²) in [5.41, 5.74) is 2.58. The lowest BCUT2D eigenvalue weighted by Crippen LogP contribution is -2.26. The zero-order valence-corrected chi connectivity index (χ0v) is 25.4. The van der Waals surface area contributed by atoms with Gasteiger partial charge in [-0.05, 0) is 76.9 Å². The quantitative estimate of drug-likeness (QED) is 0.206. The van der Waals surface area contributed by atoms with Crippen molar-refractivity contribution in [3.8, 4) is 11.5 Å². The van der Waals surface area contributed by atoms with E-state index in [1.165, 1.54) is 0 Å². The van der Waals surface area contributed by atoms with Gasteiger partial charge >= 0.3 is 0 Å². The molecule has 0 unspecified atom stereocenters. The second-order valence-electron chi connectivity index (χ2n) is 12.9. The Morgan fingerprint density at radius 1 is 0.488 bits per heavy atom. The molecule has 4 aromatic carbocycles. The molecule has 0 heterocycles. The molecule has 0 fully saturated rings. The average Bonchev–Trinajstić information content (AvgIpc) is 2.92. The van der Waals surface area contributed by atoms with Crippen LogP contribution in [0.4, 0.5) is 0 Å². The van der Waals surface area contributed by atoms with E-state index in [2.05, 4.69) is 13.8 Å². The summed E-state index contributed by atoms with van der Waals surface area (Å²) in [6, 6.07) is 30.1. The number of rotatable bonds is 8. The Bertz CT molecular complexity index is 1420. The van der Waals surface area contributed by atoms with Gasteiger partial charge in [-0.1, -0.05) is 86.6 Å². The second-order valence-corrected chi connectivity index (χ2v) is 12.9. The fourth-order valence-corrected chi connectivity index (χ4v) is 4.69. The standard InChI is InChI=1S/C37H40O4/c1-35(2,3)40-31-21-19-27(23-29(31)33(38)25-15-11-9-12-16-25)37(7,8)28-20-22-32(41-36(4,5)6)30(24-28)34(39)26-17-13-10-14-18-26/h9-24H,1-8H3. The monoisotopic (exact) mass is 548 g/mol. The van der Waals surface area contributed by atoms with Crippen molar-refractivity contribution >= 4 is 11.6 Å². The molecule has 0 spiro atoms. The Morgan fingerprint density at radius 3 is 1.15 bits per heavy atom. The number of carbonyl (C=O) groups excluding carboxylic acids is 2. The van der Waals surface area contributed by atoms with Gasteiger partial charge < -0.3 is 9.47 Å². The van der Waals surface area contributed by atoms with Crippen molar-refractivity contribution < 1.29 is 19.1 Å². The van der Waals surface area contributed by atoms with Gasteiger partial charge in [0.15, 0.2) is 11.6 Å². The molecule has 4 rings (SSSR count). The molecule has 0 radical (unpaired) electrons. The van der Waals surface area contributed by atoms with Crippen LogP contribution in [0, 0.1) is 0 Å². The van der Waals surface area contributed by atoms with Crippen LogP contribution in [-0.2, 0) is 5.41 Å². The van der Waals surface area contributed by atoms with Gasteiger partial charge in [0.05, 0.1) is 11.1 Å². The molecule has 0 aromatic heterocycles. The fourth-order valence-electron chi connectivity index (χ4n) is 4.69. The molecule has 0 N–H and O–H groups in total. The number of carbonyl (C=O) groups is 2. The Labute approximate surface area is 244 Å². The zero-order chi connectivity index (χ0) is 30.0. The second kappa shape index (κ2) is 11.4. The van der Waals surface area contributed by atoms with Crippen molar-refractivity contribution in [2.45, 2.75) is 72.0 Å². The Balaban J connectivity index is 1.83. The number of benzene rings is 4. The lowest BCUT2D eigenvalue weighted by atomic mass is 9.76. The van der Waals surface area contributed by atoms with Crippen molar-refractivity contribution in [2.24, 2.45) is 0 Å². The highest BCUT2D eigenvalue weighted by Crippen LogP contribution is 2.38. The highest BCUT2D eigenvalue weighted by Gasteiger charge is 2.29. The molecular weight excluding hydrogens is 508 g/mol. The molecule has 41 heavy (non-hydrogen) atoms. The first-order valence-electron chi connectivity index (χ1n) is 14.0. The van der Waals surface area contributed by atoms with Gasteiger partial charge in [-0.3, -0.25) is 9.59 Å². The third-order valence-corrected chi connectivity index (χ3v) is 6.80. The molecule has 0 atom stereocenters. The fraction of sp³-hybridized carbons (Fsp3) is 0.297. The number of ketones is 2. The van der Waals surface area contributed by atoms with Crippen molar-refractivity contribution in [3.05, 3.63) is 130 Å². The summed E-state index contributed by atoms with van der Waals surface area (Å²) in [4.78, 5) is 27.4. The summed E-state index contributed by atoms with van der Waals surface area (Å²) >= 11 is 0. The normalized spacial score (nSPS) is 12.1. The van der Waals surface area contributed by atoms with Crippen molar-refractivity contribution in [2.75, 3.05) is 0 Å². The van der Waals surface area contributed by atoms with Crippen LogP contribution in [-0.4, -0.2) is 22.8 Å². The van der Waals surface area contributed by atoms with Crippen LogP contribution < -0.4 is 9.47 Å². The van der Waals surface area contributed by atoms with Crippen LogP contribution in [0.3, 0.4) is 0 Å². The predicted molar refractivity (Wildman–Crippen MR) is 166 cm³/mol. The molecule has 0 amide bonds. The summed E-state index contributed by atoms with van der Waals surface area (Å²) in [6.45, 7) is 16.0. The van der Waals surface area contributed by atoms with Crippen LogP contribution in [0.2, 0.25) is 0 Å². The first-order chi connectivity index (χ1) is 19.2. The summed E-state index contributed by atoms with van der Waals surface area (Å²) in [5.74, 6) is 0.882. The average molecular weight is 549 g/mol. The van der Waals surface area contributed by atoms with Gasteiger partial charge in [-0.15, -0.1) is 0 Å². The van der Waals surface area contributed by atoms with E-state index in [0.29, 0.717) is 33.8 Å². The zero-order valence-electron chi connectivity index (χ0n) is 25.4. The highest BCUT2D eigenvalue weighted by atomic mass is 16.5. The molecule has 0 aliphatic rings. The van der Waals surface area contributed by atoms with Crippen LogP contribution in [0.15, 0.2) is 97.1 Å². The molecule has 0 saturated carbocycles. The van der Waals surface area contributed by atoms with Gasteiger partial charge in [-0.2, -0.15) is 0 Å². The summed E-state index contributed by atoms with van der Waals surface area (Å²) < 4.78 is 12.5. The maximum absolute atomic E-state index is 13.7. The van der Waals surface area contributed by atoms with E-state index in [1.807, 2.05) is 139 Å². The van der Waals surface area contributed by atoms with Crippen LogP contribution in [0.5, 0.6) is 11.5 Å². The number of ether oxygens (including phenoxy) is 2. The molecule has 0 aliphatic carbocycles. The number of hydrogen-bond acceptors (Lipinski definition) is 4. The Hall–Kier alpha value is -4.18. The van der Waals surface area contributed by atoms with Gasteiger partial charge in [0.2, 0.25) is 0 Å². The van der Waals surface area contributed by atoms with E-state index in [0.717, 1.165) is 11.1 Å². The van der Waals surface area contributed by atoms with Gasteiger partial charge in [0.1, 0.15) is 22.7 Å². The minimum absolute atomic E-state index is 0.101. The van der Waals surface area contributed by atoms with Gasteiger partial charge in [-0.25, -0.2) is 0 Å². The molecule has 212 valence electrons. The smallest absolute Gasteiger partial charge is 0.196 e. The topological polar surface area (TPSA) is 52.6 Å². The van der Waals surface area contributed by atoms with E-state index >= 15 is 0 Å². The summed E-state index contributed by atoms with van der Waals surface area (Å²) in [7, 11) is 0. The van der Waals surface area contributed by atoms with Crippen LogP contribution in [0.25, 0.3) is 0 Å². The molecule has 4 nitrogen and oxygen atoms in total. The lowest BCUT2D eigenvalue weighted by molar-refractivity contribution is 0.1000. The molecule has 4 aromatic rings. The molecule has 4 heteroatoms. The largest absolute Gasteiger partial charge is 0.487 e. The van der Waals surface area contributed by atoms with E-state index in [4.69, 9.17) is 9.47 Å². The third-order valence-electron chi connectivity index (χ3n) is 6.80. The minimum atomic E-state index is -0.544. The van der Waals surface area contributed by atoms with Crippen molar-refractivity contribution in [3.63, 3.8) is 0 Å². The van der Waals surface area contributed by atoms with Gasteiger partial charge in [0, 0.05) is 16.5 Å². The summed E-state index contributed by atoms with van der Waals surface area (Å²) in [5, 5.41) is 0. The third kappa shape index (κ3) is 7.13. The first-order valence-corrected chi connectivity index (χ1v) is 14.0. The predicted octanol–water partition coefficient (Wildman–Crippen LogP) is 8.83. The molecule has 0 aliphatic heterocycles. The first kappa shape index (κ1) is 29.8. The maximum atomic E-state index is 13.7. The molecule has 0 saturated heterocycles. The van der Waals surface area contributed by atoms with E-state index in [-0.39, 0.29) is 11.6 Å². The SMILES string of the molecule is CC(C)(C)Oc1ccc(C(C)(C)c2ccc(OC(C)(C)C)c(C(=O)c3ccccc3)c2)cc1C(=O)c1ccccc1. The highest BCUT2D eigenvalue weighted by molar-refractivity contribution is 6.11. The van der Waals surface area contributed by atoms with Gasteiger partial charge in [0.25, 0.3) is 0 Å². The molecule has 0 bridgehead atoms. The number of hydrogen-bond donors (Lipinski definition) is 0. The van der Waals surface area contributed by atoms with E-state index in [9.17, 15) is 9.59 Å². The minimum Gasteiger partial charge on any atom is -0.487 e.